The molecule has 0 amide bonds. The molecule has 9 nitrogen and oxygen atoms in total. The Kier molecular flexibility index (Phi) is 4.96. The smallest absolute Gasteiger partial charge is 0.305 e. The Hall–Kier alpha value is -2.46. The van der Waals surface area contributed by atoms with Crippen LogP contribution in [0.3, 0.4) is 0 Å². The number of ether oxygens (including phenoxy) is 1. The summed E-state index contributed by atoms with van der Waals surface area (Å²) in [6.07, 6.45) is 0.670. The summed E-state index contributed by atoms with van der Waals surface area (Å²) in [7, 11) is -1.08. The van der Waals surface area contributed by atoms with Crippen LogP contribution in [0.2, 0.25) is 0 Å². The van der Waals surface area contributed by atoms with Crippen LogP contribution in [0.25, 0.3) is 0 Å². The summed E-state index contributed by atoms with van der Waals surface area (Å²) in [5, 5.41) is 16.0. The molecule has 0 spiro atoms. The summed E-state index contributed by atoms with van der Waals surface area (Å²) < 4.78 is 33.3. The molecule has 1 atom stereocenters. The summed E-state index contributed by atoms with van der Waals surface area (Å²) in [5.74, 6) is -0.636. The quantitative estimate of drug-likeness (QED) is 0.744. The largest absolute Gasteiger partial charge is 0.497 e. The number of methoxy groups -OCH3 is 1. The van der Waals surface area contributed by atoms with Gasteiger partial charge in [0, 0.05) is 7.05 Å². The van der Waals surface area contributed by atoms with Gasteiger partial charge in [-0.3, -0.25) is 4.79 Å². The van der Waals surface area contributed by atoms with Gasteiger partial charge in [0.1, 0.15) is 5.75 Å². The lowest BCUT2D eigenvalue weighted by Gasteiger charge is -2.18. The molecule has 23 heavy (non-hydrogen) atoms. The van der Waals surface area contributed by atoms with Crippen LogP contribution >= 0.6 is 0 Å². The minimum absolute atomic E-state index is 0.157. The van der Waals surface area contributed by atoms with E-state index in [2.05, 4.69) is 15.0 Å². The topological polar surface area (TPSA) is 123 Å². The molecule has 2 rings (SSSR count). The SMILES string of the molecule is COc1cccc(C(CC(=O)O)NS(=O)(=O)c2cnnn2C)c1. The Morgan fingerprint density at radius 2 is 2.22 bits per heavy atom. The lowest BCUT2D eigenvalue weighted by atomic mass is 10.0. The van der Waals surface area contributed by atoms with Crippen LogP contribution in [-0.4, -0.2) is 41.6 Å². The van der Waals surface area contributed by atoms with E-state index in [0.29, 0.717) is 11.3 Å². The third kappa shape index (κ3) is 4.05. The van der Waals surface area contributed by atoms with Gasteiger partial charge in [0.25, 0.3) is 10.0 Å². The highest BCUT2D eigenvalue weighted by Crippen LogP contribution is 2.23. The van der Waals surface area contributed by atoms with E-state index < -0.39 is 28.5 Å². The number of rotatable bonds is 7. The number of hydrogen-bond donors (Lipinski definition) is 2. The van der Waals surface area contributed by atoms with E-state index in [9.17, 15) is 13.2 Å². The number of benzene rings is 1. The molecule has 124 valence electrons. The minimum atomic E-state index is -3.98. The number of hydrogen-bond acceptors (Lipinski definition) is 6. The van der Waals surface area contributed by atoms with Crippen LogP contribution in [0, 0.1) is 0 Å². The number of aromatic nitrogens is 3. The molecule has 1 unspecified atom stereocenters. The molecule has 1 aromatic heterocycles. The summed E-state index contributed by atoms with van der Waals surface area (Å²) in [6, 6.07) is 5.59. The number of carboxylic acids is 1. The van der Waals surface area contributed by atoms with Crippen molar-refractivity contribution in [2.75, 3.05) is 7.11 Å². The second-order valence-corrected chi connectivity index (χ2v) is 6.41. The standard InChI is InChI=1S/C13H16N4O5S/c1-17-12(8-14-16-17)23(20,21)15-11(7-13(18)19)9-4-3-5-10(6-9)22-2/h3-6,8,11,15H,7H2,1-2H3,(H,18,19). The second-order valence-electron chi connectivity index (χ2n) is 4.74. The van der Waals surface area contributed by atoms with Crippen molar-refractivity contribution in [2.24, 2.45) is 7.05 Å². The first-order valence-electron chi connectivity index (χ1n) is 6.56. The van der Waals surface area contributed by atoms with Crippen molar-refractivity contribution in [1.29, 1.82) is 0 Å². The van der Waals surface area contributed by atoms with Crippen molar-refractivity contribution in [3.63, 3.8) is 0 Å². The Balaban J connectivity index is 2.36. The van der Waals surface area contributed by atoms with Gasteiger partial charge in [-0.1, -0.05) is 17.3 Å². The van der Waals surface area contributed by atoms with E-state index >= 15 is 0 Å². The molecule has 0 saturated heterocycles. The van der Waals surface area contributed by atoms with Crippen molar-refractivity contribution in [3.8, 4) is 5.75 Å². The molecule has 0 aliphatic rings. The van der Waals surface area contributed by atoms with E-state index in [0.717, 1.165) is 10.9 Å². The average Bonchev–Trinajstić information content (AvgIpc) is 2.93. The molecule has 0 aliphatic carbocycles. The highest BCUT2D eigenvalue weighted by Gasteiger charge is 2.26. The first kappa shape index (κ1) is 16.9. The Labute approximate surface area is 132 Å². The van der Waals surface area contributed by atoms with Gasteiger partial charge in [-0.25, -0.2) is 17.8 Å². The summed E-state index contributed by atoms with van der Waals surface area (Å²) >= 11 is 0. The third-order valence-corrected chi connectivity index (χ3v) is 4.64. The number of aryl methyl sites for hydroxylation is 1. The van der Waals surface area contributed by atoms with Crippen LogP contribution in [0.5, 0.6) is 5.75 Å². The molecule has 2 aromatic rings. The van der Waals surface area contributed by atoms with Crippen LogP contribution in [-0.2, 0) is 21.9 Å². The van der Waals surface area contributed by atoms with Gasteiger partial charge in [0.05, 0.1) is 25.8 Å². The maximum absolute atomic E-state index is 12.4. The van der Waals surface area contributed by atoms with Gasteiger partial charge in [-0.2, -0.15) is 0 Å². The molecule has 0 saturated carbocycles. The van der Waals surface area contributed by atoms with E-state index in [1.54, 1.807) is 24.3 Å². The zero-order chi connectivity index (χ0) is 17.0. The highest BCUT2D eigenvalue weighted by atomic mass is 32.2. The fourth-order valence-corrected chi connectivity index (χ4v) is 3.32. The fraction of sp³-hybridized carbons (Fsp3) is 0.308. The van der Waals surface area contributed by atoms with E-state index in [-0.39, 0.29) is 5.03 Å². The van der Waals surface area contributed by atoms with Crippen molar-refractivity contribution in [2.45, 2.75) is 17.5 Å². The number of nitrogens with one attached hydrogen (secondary N) is 1. The molecular weight excluding hydrogens is 324 g/mol. The maximum Gasteiger partial charge on any atom is 0.305 e. The lowest BCUT2D eigenvalue weighted by Crippen LogP contribution is -2.31. The fourth-order valence-electron chi connectivity index (χ4n) is 2.03. The molecular formula is C13H16N4O5S. The Morgan fingerprint density at radius 3 is 2.78 bits per heavy atom. The summed E-state index contributed by atoms with van der Waals surface area (Å²) in [6.45, 7) is 0. The molecule has 1 aromatic carbocycles. The predicted molar refractivity (Wildman–Crippen MR) is 79.3 cm³/mol. The van der Waals surface area contributed by atoms with Crippen molar-refractivity contribution in [3.05, 3.63) is 36.0 Å². The number of aliphatic carboxylic acids is 1. The van der Waals surface area contributed by atoms with Crippen LogP contribution in [0.15, 0.2) is 35.5 Å². The monoisotopic (exact) mass is 340 g/mol. The number of carboxylic acid groups (broad SMARTS) is 1. The van der Waals surface area contributed by atoms with Crippen molar-refractivity contribution < 1.29 is 23.1 Å². The summed E-state index contributed by atoms with van der Waals surface area (Å²) in [5.41, 5.74) is 0.477. The first-order chi connectivity index (χ1) is 10.8. The Bertz CT molecular complexity index is 802. The van der Waals surface area contributed by atoms with E-state index in [1.165, 1.54) is 14.2 Å². The molecule has 0 radical (unpaired) electrons. The van der Waals surface area contributed by atoms with Crippen LogP contribution in [0.1, 0.15) is 18.0 Å². The number of carbonyl (C=O) groups is 1. The van der Waals surface area contributed by atoms with Gasteiger partial charge < -0.3 is 9.84 Å². The van der Waals surface area contributed by atoms with Crippen LogP contribution < -0.4 is 9.46 Å². The van der Waals surface area contributed by atoms with Gasteiger partial charge in [-0.05, 0) is 17.7 Å². The molecule has 0 bridgehead atoms. The maximum atomic E-state index is 12.4. The number of sulfonamides is 1. The van der Waals surface area contributed by atoms with E-state index in [4.69, 9.17) is 9.84 Å². The summed E-state index contributed by atoms with van der Waals surface area (Å²) in [4.78, 5) is 11.1. The molecule has 0 fully saturated rings. The molecule has 1 heterocycles. The molecule has 0 aliphatic heterocycles. The minimum Gasteiger partial charge on any atom is -0.497 e. The van der Waals surface area contributed by atoms with Gasteiger partial charge in [-0.15, -0.1) is 5.10 Å². The Morgan fingerprint density at radius 1 is 1.48 bits per heavy atom. The normalized spacial score (nSPS) is 12.8. The van der Waals surface area contributed by atoms with Crippen LogP contribution in [0.4, 0.5) is 0 Å². The third-order valence-electron chi connectivity index (χ3n) is 3.12. The van der Waals surface area contributed by atoms with Crippen molar-refractivity contribution in [1.82, 2.24) is 19.7 Å². The predicted octanol–water partition coefficient (Wildman–Crippen LogP) is 0.318. The number of nitrogens with zero attached hydrogens (tertiary/aromatic N) is 3. The molecule has 2 N–H and O–H groups in total. The highest BCUT2D eigenvalue weighted by molar-refractivity contribution is 7.89. The van der Waals surface area contributed by atoms with Gasteiger partial charge >= 0.3 is 5.97 Å². The van der Waals surface area contributed by atoms with Crippen molar-refractivity contribution >= 4 is 16.0 Å². The average molecular weight is 340 g/mol. The second kappa shape index (κ2) is 6.75. The zero-order valence-corrected chi connectivity index (χ0v) is 13.3. The van der Waals surface area contributed by atoms with Gasteiger partial charge in [0.15, 0.2) is 5.03 Å². The zero-order valence-electron chi connectivity index (χ0n) is 12.5. The first-order valence-corrected chi connectivity index (χ1v) is 8.04. The van der Waals surface area contributed by atoms with E-state index in [1.807, 2.05) is 0 Å². The lowest BCUT2D eigenvalue weighted by molar-refractivity contribution is -0.137. The van der Waals surface area contributed by atoms with Gasteiger partial charge in [0.2, 0.25) is 0 Å². The molecule has 10 heteroatoms.